The molecule has 0 bridgehead atoms. The summed E-state index contributed by atoms with van der Waals surface area (Å²) in [4.78, 5) is 22.5. The Morgan fingerprint density at radius 2 is 1.78 bits per heavy atom. The predicted octanol–water partition coefficient (Wildman–Crippen LogP) is 0.889. The number of nitrogens with one attached hydrogen (secondary N) is 2. The van der Waals surface area contributed by atoms with Crippen molar-refractivity contribution in [3.63, 3.8) is 0 Å². The summed E-state index contributed by atoms with van der Waals surface area (Å²) in [7, 11) is 0. The monoisotopic (exact) mass is 330 g/mol. The lowest BCUT2D eigenvalue weighted by Gasteiger charge is -2.51. The fraction of sp³-hybridized carbons (Fsp3) is 0.867. The molecule has 0 aliphatic carbocycles. The normalized spacial score (nSPS) is 22.3. The number of hydrogen-bond donors (Lipinski definition) is 5. The van der Waals surface area contributed by atoms with Gasteiger partial charge in [0.05, 0.1) is 6.04 Å². The van der Waals surface area contributed by atoms with E-state index in [0.29, 0.717) is 25.7 Å². The number of piperidine rings is 1. The molecule has 8 heteroatoms. The van der Waals surface area contributed by atoms with Crippen LogP contribution >= 0.6 is 0 Å². The maximum atomic E-state index is 12.2. The lowest BCUT2D eigenvalue weighted by Crippen LogP contribution is -2.63. The van der Waals surface area contributed by atoms with Crippen LogP contribution in [0.15, 0.2) is 0 Å². The summed E-state index contributed by atoms with van der Waals surface area (Å²) < 4.78 is 0. The van der Waals surface area contributed by atoms with Crippen LogP contribution in [-0.2, 0) is 4.79 Å². The van der Waals surface area contributed by atoms with Crippen molar-refractivity contribution in [2.24, 2.45) is 5.73 Å². The SMILES string of the molecule is CC1(C)CC(NC(=O)C(N)CCCNC(=O)O)CC(C)(C)N1O. The number of amides is 2. The number of nitrogens with two attached hydrogens (primary N) is 1. The number of hydroxylamine groups is 2. The quantitative estimate of drug-likeness (QED) is 0.460. The van der Waals surface area contributed by atoms with E-state index in [1.165, 1.54) is 5.06 Å². The van der Waals surface area contributed by atoms with Crippen LogP contribution in [0.2, 0.25) is 0 Å². The van der Waals surface area contributed by atoms with E-state index in [1.54, 1.807) is 0 Å². The molecule has 1 heterocycles. The Balaban J connectivity index is 2.48. The first-order valence-electron chi connectivity index (χ1n) is 7.98. The van der Waals surface area contributed by atoms with Crippen LogP contribution in [0.1, 0.15) is 53.4 Å². The van der Waals surface area contributed by atoms with Crippen molar-refractivity contribution < 1.29 is 19.9 Å². The summed E-state index contributed by atoms with van der Waals surface area (Å²) in [6, 6.07) is -0.719. The molecule has 1 rings (SSSR count). The highest BCUT2D eigenvalue weighted by Crippen LogP contribution is 2.36. The molecule has 1 atom stereocenters. The summed E-state index contributed by atoms with van der Waals surface area (Å²) in [6.07, 6.45) is 1.10. The minimum absolute atomic E-state index is 0.0564. The summed E-state index contributed by atoms with van der Waals surface area (Å²) in [5.74, 6) is -0.233. The molecular weight excluding hydrogens is 300 g/mol. The van der Waals surface area contributed by atoms with Crippen LogP contribution in [-0.4, -0.2) is 57.1 Å². The van der Waals surface area contributed by atoms with Gasteiger partial charge in [0.2, 0.25) is 5.91 Å². The lowest BCUT2D eigenvalue weighted by atomic mass is 9.79. The molecule has 8 nitrogen and oxygen atoms in total. The maximum absolute atomic E-state index is 12.2. The molecule has 23 heavy (non-hydrogen) atoms. The van der Waals surface area contributed by atoms with E-state index in [2.05, 4.69) is 10.6 Å². The Kier molecular flexibility index (Phi) is 6.38. The zero-order valence-corrected chi connectivity index (χ0v) is 14.4. The molecular formula is C15H30N4O4. The molecule has 0 radical (unpaired) electrons. The van der Waals surface area contributed by atoms with Gasteiger partial charge in [-0.1, -0.05) is 0 Å². The van der Waals surface area contributed by atoms with Crippen molar-refractivity contribution in [3.8, 4) is 0 Å². The number of nitrogens with zero attached hydrogens (tertiary/aromatic N) is 1. The van der Waals surface area contributed by atoms with Crippen LogP contribution < -0.4 is 16.4 Å². The minimum atomic E-state index is -1.08. The Labute approximate surface area is 137 Å². The first-order chi connectivity index (χ1) is 10.5. The third kappa shape index (κ3) is 5.63. The predicted molar refractivity (Wildman–Crippen MR) is 86.2 cm³/mol. The highest BCUT2D eigenvalue weighted by molar-refractivity contribution is 5.81. The number of carbonyl (C=O) groups excluding carboxylic acids is 1. The number of rotatable bonds is 6. The van der Waals surface area contributed by atoms with Crippen LogP contribution in [0, 0.1) is 0 Å². The molecule has 134 valence electrons. The van der Waals surface area contributed by atoms with Crippen molar-refractivity contribution in [3.05, 3.63) is 0 Å². The molecule has 1 unspecified atom stereocenters. The zero-order chi connectivity index (χ0) is 17.8. The minimum Gasteiger partial charge on any atom is -0.465 e. The molecule has 0 aromatic carbocycles. The molecule has 0 saturated carbocycles. The molecule has 2 amide bonds. The number of hydrogen-bond acceptors (Lipinski definition) is 5. The summed E-state index contributed by atoms with van der Waals surface area (Å²) in [6.45, 7) is 8.02. The second-order valence-electron chi connectivity index (χ2n) is 7.53. The molecule has 1 saturated heterocycles. The van der Waals surface area contributed by atoms with Gasteiger partial charge in [0.1, 0.15) is 0 Å². The molecule has 0 aromatic heterocycles. The van der Waals surface area contributed by atoms with Crippen molar-refractivity contribution >= 4 is 12.0 Å². The summed E-state index contributed by atoms with van der Waals surface area (Å²) in [5, 5.41) is 25.3. The van der Waals surface area contributed by atoms with Gasteiger partial charge in [-0.2, -0.15) is 5.06 Å². The largest absolute Gasteiger partial charge is 0.465 e. The molecule has 0 aromatic rings. The fourth-order valence-corrected chi connectivity index (χ4v) is 3.33. The summed E-state index contributed by atoms with van der Waals surface area (Å²) >= 11 is 0. The van der Waals surface area contributed by atoms with Gasteiger partial charge in [0, 0.05) is 23.7 Å². The van der Waals surface area contributed by atoms with Gasteiger partial charge in [-0.15, -0.1) is 0 Å². The Hall–Kier alpha value is -1.38. The third-order valence-electron chi connectivity index (χ3n) is 4.29. The second kappa shape index (κ2) is 7.46. The van der Waals surface area contributed by atoms with E-state index < -0.39 is 23.2 Å². The smallest absolute Gasteiger partial charge is 0.404 e. The van der Waals surface area contributed by atoms with Crippen molar-refractivity contribution in [2.75, 3.05) is 6.54 Å². The van der Waals surface area contributed by atoms with E-state index in [-0.39, 0.29) is 18.5 Å². The highest BCUT2D eigenvalue weighted by atomic mass is 16.5. The topological polar surface area (TPSA) is 128 Å². The van der Waals surface area contributed by atoms with Crippen LogP contribution in [0.4, 0.5) is 4.79 Å². The molecule has 0 spiro atoms. The van der Waals surface area contributed by atoms with Crippen molar-refractivity contribution in [1.82, 2.24) is 15.7 Å². The van der Waals surface area contributed by atoms with Crippen LogP contribution in [0.3, 0.4) is 0 Å². The Bertz CT molecular complexity index is 421. The second-order valence-corrected chi connectivity index (χ2v) is 7.53. The average molecular weight is 330 g/mol. The van der Waals surface area contributed by atoms with E-state index in [9.17, 15) is 14.8 Å². The van der Waals surface area contributed by atoms with Gasteiger partial charge in [-0.3, -0.25) is 4.79 Å². The molecule has 1 aliphatic rings. The van der Waals surface area contributed by atoms with E-state index in [0.717, 1.165) is 0 Å². The Morgan fingerprint density at radius 1 is 1.26 bits per heavy atom. The van der Waals surface area contributed by atoms with Gasteiger partial charge >= 0.3 is 6.09 Å². The number of carbonyl (C=O) groups is 2. The standard InChI is InChI=1S/C15H30N4O4/c1-14(2)8-10(9-15(3,4)19(14)23)18-12(20)11(16)6-5-7-17-13(21)22/h10-11,17,23H,5-9,16H2,1-4H3,(H,18,20)(H,21,22). The third-order valence-corrected chi connectivity index (χ3v) is 4.29. The van der Waals surface area contributed by atoms with Gasteiger partial charge in [0.15, 0.2) is 0 Å². The molecule has 1 fully saturated rings. The van der Waals surface area contributed by atoms with E-state index in [1.807, 2.05) is 27.7 Å². The molecule has 6 N–H and O–H groups in total. The van der Waals surface area contributed by atoms with Gasteiger partial charge in [-0.25, -0.2) is 4.79 Å². The first kappa shape index (κ1) is 19.7. The fourth-order valence-electron chi connectivity index (χ4n) is 3.33. The van der Waals surface area contributed by atoms with Crippen LogP contribution in [0.25, 0.3) is 0 Å². The van der Waals surface area contributed by atoms with Crippen LogP contribution in [0.5, 0.6) is 0 Å². The summed E-state index contributed by atoms with van der Waals surface area (Å²) in [5.41, 5.74) is 5.00. The lowest BCUT2D eigenvalue weighted by molar-refractivity contribution is -0.246. The van der Waals surface area contributed by atoms with Gasteiger partial charge < -0.3 is 26.7 Å². The van der Waals surface area contributed by atoms with Crippen molar-refractivity contribution in [1.29, 1.82) is 0 Å². The zero-order valence-electron chi connectivity index (χ0n) is 14.4. The van der Waals surface area contributed by atoms with E-state index >= 15 is 0 Å². The highest BCUT2D eigenvalue weighted by Gasteiger charge is 2.45. The van der Waals surface area contributed by atoms with Crippen molar-refractivity contribution in [2.45, 2.75) is 76.5 Å². The van der Waals surface area contributed by atoms with Gasteiger partial charge in [-0.05, 0) is 53.4 Å². The molecule has 1 aliphatic heterocycles. The van der Waals surface area contributed by atoms with Gasteiger partial charge in [0.25, 0.3) is 0 Å². The first-order valence-corrected chi connectivity index (χ1v) is 7.98. The average Bonchev–Trinajstić information content (AvgIpc) is 2.39. The van der Waals surface area contributed by atoms with E-state index in [4.69, 9.17) is 10.8 Å². The Morgan fingerprint density at radius 3 is 2.26 bits per heavy atom. The number of carboxylic acid groups (broad SMARTS) is 1. The maximum Gasteiger partial charge on any atom is 0.404 e.